The highest BCUT2D eigenvalue weighted by Crippen LogP contribution is 2.30. The summed E-state index contributed by atoms with van der Waals surface area (Å²) in [5.74, 6) is -1.75. The van der Waals surface area contributed by atoms with E-state index in [-0.39, 0.29) is 0 Å². The fourth-order valence-electron chi connectivity index (χ4n) is 3.37. The van der Waals surface area contributed by atoms with Crippen molar-refractivity contribution in [3.8, 4) is 0 Å². The third kappa shape index (κ3) is 6.81. The number of ether oxygens (including phenoxy) is 1. The molecule has 0 fully saturated rings. The van der Waals surface area contributed by atoms with Gasteiger partial charge in [-0.1, -0.05) is 79.7 Å². The third-order valence-corrected chi connectivity index (χ3v) is 5.05. The largest absolute Gasteiger partial charge is 0.454 e. The normalized spacial score (nSPS) is 12.4. The smallest absolute Gasteiger partial charge is 0.422 e. The van der Waals surface area contributed by atoms with Crippen molar-refractivity contribution < 1.29 is 27.5 Å². The van der Waals surface area contributed by atoms with Gasteiger partial charge < -0.3 is 4.74 Å². The minimum Gasteiger partial charge on any atom is -0.454 e. The van der Waals surface area contributed by atoms with Gasteiger partial charge in [0.1, 0.15) is 0 Å². The number of benzene rings is 3. The van der Waals surface area contributed by atoms with E-state index in [4.69, 9.17) is 0 Å². The SMILES string of the molecule is CCc1ccc(N(C(=O)/C=C/c2ccccc2)C(C(=O)OCC(F)(F)F)c2ccccc2)cc1. The molecule has 0 N–H and O–H groups in total. The minimum atomic E-state index is -4.69. The first-order valence-electron chi connectivity index (χ1n) is 10.7. The van der Waals surface area contributed by atoms with Gasteiger partial charge in [0, 0.05) is 11.8 Å². The van der Waals surface area contributed by atoms with Gasteiger partial charge in [-0.25, -0.2) is 4.79 Å². The molecule has 1 unspecified atom stereocenters. The fraction of sp³-hybridized carbons (Fsp3) is 0.185. The molecule has 3 aromatic rings. The van der Waals surface area contributed by atoms with E-state index in [0.717, 1.165) is 22.4 Å². The molecule has 0 heterocycles. The van der Waals surface area contributed by atoms with E-state index in [9.17, 15) is 22.8 Å². The van der Waals surface area contributed by atoms with Crippen LogP contribution in [0.25, 0.3) is 6.08 Å². The molecule has 1 amide bonds. The average Bonchev–Trinajstić information content (AvgIpc) is 2.85. The highest BCUT2D eigenvalue weighted by atomic mass is 19.4. The van der Waals surface area contributed by atoms with Crippen LogP contribution in [0.2, 0.25) is 0 Å². The number of hydrogen-bond acceptors (Lipinski definition) is 3. The predicted octanol–water partition coefficient (Wildman–Crippen LogP) is 6.14. The Hall–Kier alpha value is -3.87. The lowest BCUT2D eigenvalue weighted by atomic mass is 10.0. The molecule has 0 bridgehead atoms. The molecule has 34 heavy (non-hydrogen) atoms. The summed E-state index contributed by atoms with van der Waals surface area (Å²) in [7, 11) is 0. The molecule has 0 saturated carbocycles. The van der Waals surface area contributed by atoms with Crippen LogP contribution in [0.1, 0.15) is 29.7 Å². The Bertz CT molecular complexity index is 1110. The number of anilines is 1. The van der Waals surface area contributed by atoms with Crippen LogP contribution in [-0.4, -0.2) is 24.7 Å². The van der Waals surface area contributed by atoms with E-state index in [1.165, 1.54) is 6.08 Å². The molecule has 3 aromatic carbocycles. The molecule has 3 rings (SSSR count). The van der Waals surface area contributed by atoms with Gasteiger partial charge in [-0.15, -0.1) is 0 Å². The number of esters is 1. The van der Waals surface area contributed by atoms with Crippen LogP contribution in [0.15, 0.2) is 91.0 Å². The molecule has 0 saturated heterocycles. The first-order chi connectivity index (χ1) is 16.3. The first-order valence-corrected chi connectivity index (χ1v) is 10.7. The molecule has 0 aromatic heterocycles. The number of nitrogens with zero attached hydrogens (tertiary/aromatic N) is 1. The maximum atomic E-state index is 13.4. The lowest BCUT2D eigenvalue weighted by molar-refractivity contribution is -0.187. The summed E-state index contributed by atoms with van der Waals surface area (Å²) in [4.78, 5) is 27.5. The number of rotatable bonds is 8. The Labute approximate surface area is 196 Å². The van der Waals surface area contributed by atoms with E-state index in [1.54, 1.807) is 72.8 Å². The number of halogens is 3. The molecule has 176 valence electrons. The van der Waals surface area contributed by atoms with E-state index in [2.05, 4.69) is 4.74 Å². The lowest BCUT2D eigenvalue weighted by Gasteiger charge is -2.30. The second-order valence-corrected chi connectivity index (χ2v) is 7.51. The van der Waals surface area contributed by atoms with Crippen molar-refractivity contribution in [3.05, 3.63) is 108 Å². The van der Waals surface area contributed by atoms with E-state index < -0.39 is 30.7 Å². The first kappa shape index (κ1) is 24.8. The summed E-state index contributed by atoms with van der Waals surface area (Å²) in [5, 5.41) is 0. The Morgan fingerprint density at radius 1 is 0.912 bits per heavy atom. The summed E-state index contributed by atoms with van der Waals surface area (Å²) in [5.41, 5.74) is 2.45. The Morgan fingerprint density at radius 3 is 2.06 bits per heavy atom. The molecule has 0 spiro atoms. The second kappa shape index (κ2) is 11.3. The van der Waals surface area contributed by atoms with Crippen LogP contribution in [0.5, 0.6) is 0 Å². The highest BCUT2D eigenvalue weighted by molar-refractivity contribution is 6.07. The number of carbonyl (C=O) groups is 2. The summed E-state index contributed by atoms with van der Waals surface area (Å²) in [6, 6.07) is 22.7. The van der Waals surface area contributed by atoms with Gasteiger partial charge in [0.15, 0.2) is 12.6 Å². The van der Waals surface area contributed by atoms with Crippen molar-refractivity contribution in [3.63, 3.8) is 0 Å². The van der Waals surface area contributed by atoms with Crippen LogP contribution in [0.4, 0.5) is 18.9 Å². The summed E-state index contributed by atoms with van der Waals surface area (Å²) >= 11 is 0. The Kier molecular flexibility index (Phi) is 8.24. The monoisotopic (exact) mass is 467 g/mol. The van der Waals surface area contributed by atoms with E-state index in [1.807, 2.05) is 25.1 Å². The van der Waals surface area contributed by atoms with Gasteiger partial charge in [0.05, 0.1) is 0 Å². The summed E-state index contributed by atoms with van der Waals surface area (Å²) < 4.78 is 43.0. The molecule has 0 aliphatic rings. The van der Waals surface area contributed by atoms with Gasteiger partial charge in [-0.2, -0.15) is 13.2 Å². The minimum absolute atomic E-state index is 0.329. The van der Waals surface area contributed by atoms with Crippen LogP contribution in [0.3, 0.4) is 0 Å². The molecule has 7 heteroatoms. The molecule has 4 nitrogen and oxygen atoms in total. The predicted molar refractivity (Wildman–Crippen MR) is 125 cm³/mol. The molecular formula is C27H24F3NO3. The number of alkyl halides is 3. The van der Waals surface area contributed by atoms with Gasteiger partial charge in [0.25, 0.3) is 5.91 Å². The number of carbonyl (C=O) groups excluding carboxylic acids is 2. The molecule has 0 aliphatic heterocycles. The Morgan fingerprint density at radius 2 is 1.50 bits per heavy atom. The quantitative estimate of drug-likeness (QED) is 0.295. The maximum absolute atomic E-state index is 13.4. The molecule has 0 radical (unpaired) electrons. The average molecular weight is 467 g/mol. The van der Waals surface area contributed by atoms with Gasteiger partial charge in [0.2, 0.25) is 0 Å². The van der Waals surface area contributed by atoms with E-state index >= 15 is 0 Å². The van der Waals surface area contributed by atoms with Crippen LogP contribution >= 0.6 is 0 Å². The van der Waals surface area contributed by atoms with Crippen LogP contribution in [-0.2, 0) is 20.7 Å². The lowest BCUT2D eigenvalue weighted by Crippen LogP contribution is -2.40. The van der Waals surface area contributed by atoms with Gasteiger partial charge >= 0.3 is 12.1 Å². The summed E-state index contributed by atoms with van der Waals surface area (Å²) in [6.45, 7) is 0.230. The number of amides is 1. The zero-order valence-corrected chi connectivity index (χ0v) is 18.5. The standard InChI is InChI=1S/C27H24F3NO3/c1-2-20-13-16-23(17-14-20)31(24(32)18-15-21-9-5-3-6-10-21)25(22-11-7-4-8-12-22)26(33)34-19-27(28,29)30/h3-18,25H,2,19H2,1H3/b18-15+. The topological polar surface area (TPSA) is 46.6 Å². The van der Waals surface area contributed by atoms with Crippen molar-refractivity contribution in [2.45, 2.75) is 25.6 Å². The zero-order chi connectivity index (χ0) is 24.6. The van der Waals surface area contributed by atoms with Crippen molar-refractivity contribution in [2.75, 3.05) is 11.5 Å². The summed E-state index contributed by atoms with van der Waals surface area (Å²) in [6.07, 6.45) is -1.06. The van der Waals surface area contributed by atoms with Crippen molar-refractivity contribution >= 4 is 23.6 Å². The van der Waals surface area contributed by atoms with Crippen molar-refractivity contribution in [1.82, 2.24) is 0 Å². The number of aryl methyl sites for hydroxylation is 1. The highest BCUT2D eigenvalue weighted by Gasteiger charge is 2.36. The van der Waals surface area contributed by atoms with Crippen molar-refractivity contribution in [1.29, 1.82) is 0 Å². The van der Waals surface area contributed by atoms with Gasteiger partial charge in [-0.05, 0) is 41.3 Å². The van der Waals surface area contributed by atoms with Crippen LogP contribution < -0.4 is 4.90 Å². The molecule has 0 aliphatic carbocycles. The fourth-order valence-corrected chi connectivity index (χ4v) is 3.37. The van der Waals surface area contributed by atoms with Crippen molar-refractivity contribution in [2.24, 2.45) is 0 Å². The maximum Gasteiger partial charge on any atom is 0.422 e. The number of hydrogen-bond donors (Lipinski definition) is 0. The molecular weight excluding hydrogens is 443 g/mol. The molecule has 1 atom stereocenters. The third-order valence-electron chi connectivity index (χ3n) is 5.05. The Balaban J connectivity index is 2.05. The zero-order valence-electron chi connectivity index (χ0n) is 18.5. The van der Waals surface area contributed by atoms with Crippen LogP contribution in [0, 0.1) is 0 Å². The second-order valence-electron chi connectivity index (χ2n) is 7.51. The van der Waals surface area contributed by atoms with Gasteiger partial charge in [-0.3, -0.25) is 9.69 Å². The van der Waals surface area contributed by atoms with E-state index in [0.29, 0.717) is 11.3 Å².